The molecule has 0 aromatic carbocycles. The Kier molecular flexibility index (Phi) is 6.69. The SMILES string of the molecule is COP(=O)(OC)C(C#N)=c1sc(=C(C#N)P(=O)(OC)OC)s1. The van der Waals surface area contributed by atoms with Crippen molar-refractivity contribution in [2.75, 3.05) is 28.4 Å². The van der Waals surface area contributed by atoms with E-state index in [1.54, 1.807) is 12.1 Å². The maximum atomic E-state index is 12.2. The number of nitrogens with zero attached hydrogens (tertiary/aromatic N) is 2. The lowest BCUT2D eigenvalue weighted by Gasteiger charge is -2.13. The second kappa shape index (κ2) is 7.65. The van der Waals surface area contributed by atoms with Crippen LogP contribution in [0.4, 0.5) is 0 Å². The standard InChI is InChI=1S/C10H12N2O6P2S2/c1-15-19(13,16-2)7(5-11)9-21-10(22-9)8(6-12)20(14,17-3)18-4/h1-4H3. The van der Waals surface area contributed by atoms with Crippen LogP contribution in [0.2, 0.25) is 0 Å². The Bertz CT molecular complexity index is 743. The van der Waals surface area contributed by atoms with Crippen LogP contribution >= 0.6 is 37.9 Å². The van der Waals surface area contributed by atoms with E-state index in [1.807, 2.05) is 0 Å². The van der Waals surface area contributed by atoms with Crippen LogP contribution in [-0.4, -0.2) is 28.4 Å². The van der Waals surface area contributed by atoms with Crippen molar-refractivity contribution >= 4 is 48.5 Å². The van der Waals surface area contributed by atoms with Gasteiger partial charge in [0.05, 0.1) is 0 Å². The van der Waals surface area contributed by atoms with Gasteiger partial charge in [0, 0.05) is 28.4 Å². The van der Waals surface area contributed by atoms with Crippen molar-refractivity contribution in [1.29, 1.82) is 10.5 Å². The predicted octanol–water partition coefficient (Wildman–Crippen LogP) is 2.04. The van der Waals surface area contributed by atoms with Gasteiger partial charge in [0.25, 0.3) is 0 Å². The molecule has 22 heavy (non-hydrogen) atoms. The van der Waals surface area contributed by atoms with E-state index in [9.17, 15) is 9.13 Å². The molecular formula is C10H12N2O6P2S2. The molecule has 120 valence electrons. The molecule has 0 radical (unpaired) electrons. The van der Waals surface area contributed by atoms with E-state index in [0.717, 1.165) is 51.1 Å². The van der Waals surface area contributed by atoms with Crippen LogP contribution in [0.3, 0.4) is 0 Å². The molecule has 0 saturated carbocycles. The summed E-state index contributed by atoms with van der Waals surface area (Å²) in [6.07, 6.45) is 0. The molecule has 0 aliphatic heterocycles. The molecule has 0 bridgehead atoms. The van der Waals surface area contributed by atoms with E-state index in [1.165, 1.54) is 0 Å². The van der Waals surface area contributed by atoms with Gasteiger partial charge in [-0.2, -0.15) is 10.5 Å². The van der Waals surface area contributed by atoms with E-state index in [2.05, 4.69) is 0 Å². The summed E-state index contributed by atoms with van der Waals surface area (Å²) in [5, 5.41) is 17.9. The third kappa shape index (κ3) is 3.41. The molecule has 0 fully saturated rings. The minimum atomic E-state index is -3.69. The molecular weight excluding hydrogens is 370 g/mol. The molecule has 8 nitrogen and oxygen atoms in total. The van der Waals surface area contributed by atoms with Gasteiger partial charge < -0.3 is 18.1 Å². The van der Waals surface area contributed by atoms with Gasteiger partial charge in [0.1, 0.15) is 19.8 Å². The highest BCUT2D eigenvalue weighted by Crippen LogP contribution is 2.56. The van der Waals surface area contributed by atoms with Gasteiger partial charge in [-0.1, -0.05) is 0 Å². The molecule has 0 atom stereocenters. The zero-order valence-corrected chi connectivity index (χ0v) is 15.5. The second-order valence-corrected chi connectivity index (χ2v) is 10.3. The van der Waals surface area contributed by atoms with Crippen molar-refractivity contribution in [2.45, 2.75) is 0 Å². The van der Waals surface area contributed by atoms with Crippen molar-refractivity contribution in [3.8, 4) is 12.1 Å². The Morgan fingerprint density at radius 3 is 1.27 bits per heavy atom. The summed E-state index contributed by atoms with van der Waals surface area (Å²) in [7, 11) is -2.73. The molecule has 0 saturated heterocycles. The van der Waals surface area contributed by atoms with Crippen LogP contribution in [0, 0.1) is 22.7 Å². The Morgan fingerprint density at radius 1 is 0.818 bits per heavy atom. The van der Waals surface area contributed by atoms with Crippen molar-refractivity contribution in [1.82, 2.24) is 0 Å². The van der Waals surface area contributed by atoms with E-state index in [0.29, 0.717) is 7.69 Å². The van der Waals surface area contributed by atoms with Crippen LogP contribution in [0.15, 0.2) is 0 Å². The third-order valence-corrected chi connectivity index (χ3v) is 9.31. The monoisotopic (exact) mass is 382 g/mol. The van der Waals surface area contributed by atoms with E-state index >= 15 is 0 Å². The Hall–Kier alpha value is -0.800. The highest BCUT2D eigenvalue weighted by Gasteiger charge is 2.33. The third-order valence-electron chi connectivity index (χ3n) is 2.48. The fourth-order valence-electron chi connectivity index (χ4n) is 1.32. The zero-order valence-electron chi connectivity index (χ0n) is 12.1. The van der Waals surface area contributed by atoms with Crippen molar-refractivity contribution in [2.24, 2.45) is 0 Å². The molecule has 0 amide bonds. The molecule has 1 aromatic heterocycles. The van der Waals surface area contributed by atoms with Gasteiger partial charge in [0.15, 0.2) is 10.6 Å². The van der Waals surface area contributed by atoms with Crippen LogP contribution in [0.25, 0.3) is 10.6 Å². The maximum absolute atomic E-state index is 12.2. The van der Waals surface area contributed by atoms with E-state index in [-0.39, 0.29) is 10.6 Å². The Balaban J connectivity index is 3.61. The summed E-state index contributed by atoms with van der Waals surface area (Å²) in [6.45, 7) is 0. The summed E-state index contributed by atoms with van der Waals surface area (Å²) in [4.78, 5) is 0. The number of nitriles is 2. The average molecular weight is 382 g/mol. The first-order chi connectivity index (χ1) is 10.4. The lowest BCUT2D eigenvalue weighted by atomic mass is 10.7. The molecule has 0 N–H and O–H groups in total. The smallest absolute Gasteiger partial charge is 0.308 e. The van der Waals surface area contributed by atoms with Gasteiger partial charge in [0.2, 0.25) is 0 Å². The number of hydrogen-bond donors (Lipinski definition) is 0. The maximum Gasteiger partial charge on any atom is 0.373 e. The van der Waals surface area contributed by atoms with Crippen LogP contribution < -0.4 is 7.69 Å². The molecule has 0 spiro atoms. The Morgan fingerprint density at radius 2 is 1.09 bits per heavy atom. The zero-order chi connectivity index (χ0) is 17.0. The lowest BCUT2D eigenvalue weighted by Crippen LogP contribution is -2.16. The highest BCUT2D eigenvalue weighted by atomic mass is 32.2. The van der Waals surface area contributed by atoms with E-state index < -0.39 is 15.2 Å². The summed E-state index contributed by atoms with van der Waals surface area (Å²) in [6, 6.07) is 3.56. The van der Waals surface area contributed by atoms with Crippen LogP contribution in [0.5, 0.6) is 0 Å². The molecule has 1 rings (SSSR count). The van der Waals surface area contributed by atoms with Gasteiger partial charge in [-0.25, -0.2) is 0 Å². The van der Waals surface area contributed by atoms with Crippen molar-refractivity contribution in [3.05, 3.63) is 7.69 Å². The average Bonchev–Trinajstić information content (AvgIpc) is 2.51. The summed E-state index contributed by atoms with van der Waals surface area (Å²) >= 11 is 1.93. The minimum absolute atomic E-state index is 0.168. The predicted molar refractivity (Wildman–Crippen MR) is 82.7 cm³/mol. The second-order valence-electron chi connectivity index (χ2n) is 3.43. The first kappa shape index (κ1) is 19.2. The summed E-state index contributed by atoms with van der Waals surface area (Å²) in [5.74, 6) is 0. The molecule has 0 unspecified atom stereocenters. The summed E-state index contributed by atoms with van der Waals surface area (Å²) in [5.41, 5.74) is 0. The van der Waals surface area contributed by atoms with Gasteiger partial charge >= 0.3 is 15.2 Å². The largest absolute Gasteiger partial charge is 0.373 e. The molecule has 1 aromatic rings. The molecule has 12 heteroatoms. The molecule has 0 aliphatic carbocycles. The topological polar surface area (TPSA) is 119 Å². The highest BCUT2D eigenvalue weighted by molar-refractivity contribution is 7.67. The number of rotatable bonds is 6. The minimum Gasteiger partial charge on any atom is -0.308 e. The quantitative estimate of drug-likeness (QED) is 0.686. The normalized spacial score (nSPS) is 11.7. The Labute approximate surface area is 134 Å². The lowest BCUT2D eigenvalue weighted by molar-refractivity contribution is 0.287. The van der Waals surface area contributed by atoms with Gasteiger partial charge in [-0.3, -0.25) is 9.13 Å². The fourth-order valence-corrected chi connectivity index (χ4v) is 6.60. The van der Waals surface area contributed by atoms with E-state index in [4.69, 9.17) is 28.6 Å². The number of hydrogen-bond acceptors (Lipinski definition) is 10. The fraction of sp³-hybridized carbons (Fsp3) is 0.400. The van der Waals surface area contributed by atoms with Gasteiger partial charge in [-0.05, 0) is 0 Å². The first-order valence-electron chi connectivity index (χ1n) is 5.44. The van der Waals surface area contributed by atoms with Crippen LogP contribution in [0.1, 0.15) is 0 Å². The molecule has 1 heterocycles. The van der Waals surface area contributed by atoms with Gasteiger partial charge in [-0.15, -0.1) is 22.7 Å². The van der Waals surface area contributed by atoms with Crippen molar-refractivity contribution in [3.63, 3.8) is 0 Å². The van der Waals surface area contributed by atoms with Crippen LogP contribution in [-0.2, 0) is 27.2 Å². The molecule has 0 aliphatic rings. The van der Waals surface area contributed by atoms with Crippen molar-refractivity contribution < 1.29 is 27.2 Å². The first-order valence-corrected chi connectivity index (χ1v) is 10.2. The summed E-state index contributed by atoms with van der Waals surface area (Å²) < 4.78 is 44.2.